The lowest BCUT2D eigenvalue weighted by atomic mass is 9.67. The molecule has 0 heterocycles. The van der Waals surface area contributed by atoms with Crippen LogP contribution in [-0.4, -0.2) is 19.0 Å². The Hall–Kier alpha value is -1.35. The summed E-state index contributed by atoms with van der Waals surface area (Å²) in [6.45, 7) is 3.42. The fourth-order valence-electron chi connectivity index (χ4n) is 3.36. The first-order chi connectivity index (χ1) is 9.70. The molecule has 2 rings (SSSR count). The van der Waals surface area contributed by atoms with Crippen molar-refractivity contribution in [3.05, 3.63) is 35.4 Å². The van der Waals surface area contributed by atoms with Gasteiger partial charge in [0.15, 0.2) is 0 Å². The van der Waals surface area contributed by atoms with Crippen LogP contribution in [0, 0.1) is 6.92 Å². The Balaban J connectivity index is 2.26. The molecule has 20 heavy (non-hydrogen) atoms. The number of hydrogen-bond donors (Lipinski definition) is 2. The second-order valence-corrected chi connectivity index (χ2v) is 5.86. The van der Waals surface area contributed by atoms with E-state index in [0.717, 1.165) is 32.1 Å². The second-order valence-electron chi connectivity index (χ2n) is 5.86. The number of rotatable bonds is 5. The quantitative estimate of drug-likeness (QED) is 0.811. The summed E-state index contributed by atoms with van der Waals surface area (Å²) in [5.41, 5.74) is 7.63. The van der Waals surface area contributed by atoms with E-state index in [2.05, 4.69) is 24.4 Å². The highest BCUT2D eigenvalue weighted by Crippen LogP contribution is 2.41. The number of hydrogen-bond acceptors (Lipinski definition) is 2. The normalized spacial score (nSPS) is 17.7. The Morgan fingerprint density at radius 2 is 1.95 bits per heavy atom. The summed E-state index contributed by atoms with van der Waals surface area (Å²) < 4.78 is 0. The molecule has 3 nitrogen and oxygen atoms in total. The van der Waals surface area contributed by atoms with Crippen LogP contribution < -0.4 is 11.1 Å². The third kappa shape index (κ3) is 3.04. The maximum atomic E-state index is 12.8. The van der Waals surface area contributed by atoms with Crippen molar-refractivity contribution in [1.82, 2.24) is 5.32 Å². The summed E-state index contributed by atoms with van der Waals surface area (Å²) >= 11 is 0. The number of benzene rings is 1. The predicted molar refractivity (Wildman–Crippen MR) is 82.6 cm³/mol. The van der Waals surface area contributed by atoms with Crippen LogP contribution in [0.2, 0.25) is 0 Å². The zero-order valence-electron chi connectivity index (χ0n) is 12.5. The van der Waals surface area contributed by atoms with Gasteiger partial charge in [-0.05, 0) is 43.9 Å². The van der Waals surface area contributed by atoms with E-state index in [4.69, 9.17) is 5.73 Å². The van der Waals surface area contributed by atoms with E-state index in [9.17, 15) is 4.79 Å². The van der Waals surface area contributed by atoms with Crippen molar-refractivity contribution in [3.63, 3.8) is 0 Å². The van der Waals surface area contributed by atoms with Crippen LogP contribution in [-0.2, 0) is 10.2 Å². The Morgan fingerprint density at radius 1 is 1.25 bits per heavy atom. The molecule has 1 aromatic carbocycles. The van der Waals surface area contributed by atoms with Gasteiger partial charge in [0.2, 0.25) is 5.91 Å². The molecule has 0 spiro atoms. The minimum Gasteiger partial charge on any atom is -0.355 e. The van der Waals surface area contributed by atoms with Crippen LogP contribution in [0.4, 0.5) is 0 Å². The van der Waals surface area contributed by atoms with Crippen molar-refractivity contribution in [3.8, 4) is 0 Å². The van der Waals surface area contributed by atoms with Gasteiger partial charge in [0.1, 0.15) is 0 Å². The Bertz CT molecular complexity index is 450. The largest absolute Gasteiger partial charge is 0.355 e. The molecule has 0 radical (unpaired) electrons. The van der Waals surface area contributed by atoms with Gasteiger partial charge in [-0.2, -0.15) is 0 Å². The molecule has 0 atom stereocenters. The number of nitrogens with one attached hydrogen (secondary N) is 1. The summed E-state index contributed by atoms with van der Waals surface area (Å²) in [7, 11) is 0. The first kappa shape index (κ1) is 15.0. The second kappa shape index (κ2) is 6.89. The Kier molecular flexibility index (Phi) is 5.18. The van der Waals surface area contributed by atoms with E-state index in [-0.39, 0.29) is 11.3 Å². The van der Waals surface area contributed by atoms with Gasteiger partial charge in [-0.1, -0.05) is 43.5 Å². The number of carbonyl (C=O) groups is 1. The summed E-state index contributed by atoms with van der Waals surface area (Å²) in [4.78, 5) is 12.8. The average Bonchev–Trinajstić information content (AvgIpc) is 2.48. The monoisotopic (exact) mass is 274 g/mol. The van der Waals surface area contributed by atoms with E-state index in [1.807, 2.05) is 12.1 Å². The molecule has 0 saturated heterocycles. The van der Waals surface area contributed by atoms with Crippen molar-refractivity contribution >= 4 is 5.91 Å². The Labute approximate surface area is 121 Å². The fraction of sp³-hybridized carbons (Fsp3) is 0.588. The lowest BCUT2D eigenvalue weighted by Gasteiger charge is -2.37. The summed E-state index contributed by atoms with van der Waals surface area (Å²) in [6.07, 6.45) is 6.29. The molecule has 110 valence electrons. The fourth-order valence-corrected chi connectivity index (χ4v) is 3.36. The molecule has 1 saturated carbocycles. The molecule has 3 N–H and O–H groups in total. The lowest BCUT2D eigenvalue weighted by Crippen LogP contribution is -2.46. The third-order valence-corrected chi connectivity index (χ3v) is 4.47. The molecule has 0 unspecified atom stereocenters. The van der Waals surface area contributed by atoms with Crippen molar-refractivity contribution in [1.29, 1.82) is 0 Å². The van der Waals surface area contributed by atoms with E-state index in [1.165, 1.54) is 17.5 Å². The van der Waals surface area contributed by atoms with E-state index >= 15 is 0 Å². The van der Waals surface area contributed by atoms with Gasteiger partial charge >= 0.3 is 0 Å². The van der Waals surface area contributed by atoms with Gasteiger partial charge in [-0.15, -0.1) is 0 Å². The van der Waals surface area contributed by atoms with Crippen molar-refractivity contribution in [2.45, 2.75) is 50.9 Å². The molecular weight excluding hydrogens is 248 g/mol. The molecule has 1 aliphatic rings. The van der Waals surface area contributed by atoms with E-state index in [1.54, 1.807) is 0 Å². The van der Waals surface area contributed by atoms with Crippen molar-refractivity contribution < 1.29 is 4.79 Å². The molecule has 0 aromatic heterocycles. The first-order valence-electron chi connectivity index (χ1n) is 7.75. The summed E-state index contributed by atoms with van der Waals surface area (Å²) in [5, 5.41) is 3.10. The van der Waals surface area contributed by atoms with Gasteiger partial charge in [0.25, 0.3) is 0 Å². The van der Waals surface area contributed by atoms with Gasteiger partial charge in [0, 0.05) is 6.54 Å². The van der Waals surface area contributed by atoms with Gasteiger partial charge in [-0.25, -0.2) is 0 Å². The summed E-state index contributed by atoms with van der Waals surface area (Å²) in [5.74, 6) is 0.194. The molecule has 3 heteroatoms. The van der Waals surface area contributed by atoms with Crippen LogP contribution in [0.25, 0.3) is 0 Å². The highest BCUT2D eigenvalue weighted by Gasteiger charge is 2.41. The van der Waals surface area contributed by atoms with Crippen LogP contribution >= 0.6 is 0 Å². The third-order valence-electron chi connectivity index (χ3n) is 4.47. The molecule has 1 aromatic rings. The highest BCUT2D eigenvalue weighted by molar-refractivity contribution is 5.88. The lowest BCUT2D eigenvalue weighted by molar-refractivity contribution is -0.128. The van der Waals surface area contributed by atoms with Gasteiger partial charge < -0.3 is 11.1 Å². The van der Waals surface area contributed by atoms with Crippen molar-refractivity contribution in [2.75, 3.05) is 13.1 Å². The van der Waals surface area contributed by atoms with Crippen LogP contribution in [0.3, 0.4) is 0 Å². The minimum atomic E-state index is -0.321. The van der Waals surface area contributed by atoms with Gasteiger partial charge in [0.05, 0.1) is 5.41 Å². The molecule has 1 aliphatic carbocycles. The maximum absolute atomic E-state index is 12.8. The van der Waals surface area contributed by atoms with E-state index in [0.29, 0.717) is 13.1 Å². The van der Waals surface area contributed by atoms with Crippen LogP contribution in [0.1, 0.15) is 49.7 Å². The SMILES string of the molecule is Cc1ccccc1C1(C(=O)NCCCN)CCCCC1. The standard InChI is InChI=1S/C17H26N2O/c1-14-8-3-4-9-15(14)17(10-5-2-6-11-17)16(20)19-13-7-12-18/h3-4,8-9H,2,5-7,10-13,18H2,1H3,(H,19,20). The number of amides is 1. The number of carbonyl (C=O) groups excluding carboxylic acids is 1. The van der Waals surface area contributed by atoms with E-state index < -0.39 is 0 Å². The maximum Gasteiger partial charge on any atom is 0.230 e. The predicted octanol–water partition coefficient (Wildman–Crippen LogP) is 2.66. The molecule has 0 aliphatic heterocycles. The van der Waals surface area contributed by atoms with Crippen LogP contribution in [0.15, 0.2) is 24.3 Å². The molecular formula is C17H26N2O. The van der Waals surface area contributed by atoms with Crippen molar-refractivity contribution in [2.24, 2.45) is 5.73 Å². The smallest absolute Gasteiger partial charge is 0.230 e. The number of aryl methyl sites for hydroxylation is 1. The topological polar surface area (TPSA) is 55.1 Å². The highest BCUT2D eigenvalue weighted by atomic mass is 16.2. The molecule has 0 bridgehead atoms. The zero-order chi connectivity index (χ0) is 14.4. The van der Waals surface area contributed by atoms with Gasteiger partial charge in [-0.3, -0.25) is 4.79 Å². The van der Waals surface area contributed by atoms with Crippen LogP contribution in [0.5, 0.6) is 0 Å². The summed E-state index contributed by atoms with van der Waals surface area (Å²) in [6, 6.07) is 8.33. The minimum absolute atomic E-state index is 0.194. The molecule has 1 fully saturated rings. The zero-order valence-corrected chi connectivity index (χ0v) is 12.5. The molecule has 1 amide bonds. The number of nitrogens with two attached hydrogens (primary N) is 1. The average molecular weight is 274 g/mol. The Morgan fingerprint density at radius 3 is 2.60 bits per heavy atom. The first-order valence-corrected chi connectivity index (χ1v) is 7.75.